The number of fused-ring (bicyclic) bond motifs is 1. The van der Waals surface area contributed by atoms with E-state index in [0.29, 0.717) is 20.6 Å². The zero-order valence-electron chi connectivity index (χ0n) is 18.8. The number of amides is 2. The average Bonchev–Trinajstić information content (AvgIpc) is 3.25. The van der Waals surface area contributed by atoms with Crippen LogP contribution < -0.4 is 14.2 Å². The molecule has 0 fully saturated rings. The Labute approximate surface area is 221 Å². The second-order valence-electron chi connectivity index (χ2n) is 7.89. The topological polar surface area (TPSA) is 141 Å². The number of hydrogen-bond acceptors (Lipinski definition) is 6. The number of nitro groups is 1. The zero-order chi connectivity index (χ0) is 26.9. The molecule has 4 rings (SSSR count). The molecule has 14 heteroatoms. The van der Waals surface area contributed by atoms with E-state index in [1.54, 1.807) is 18.2 Å². The lowest BCUT2D eigenvalue weighted by Gasteiger charge is -2.24. The molecule has 0 saturated heterocycles. The summed E-state index contributed by atoms with van der Waals surface area (Å²) in [5.74, 6) is -1.40. The van der Waals surface area contributed by atoms with Crippen LogP contribution in [-0.4, -0.2) is 43.6 Å². The fourth-order valence-corrected chi connectivity index (χ4v) is 6.08. The molecule has 0 spiro atoms. The van der Waals surface area contributed by atoms with Gasteiger partial charge in [0.1, 0.15) is 12.2 Å². The van der Waals surface area contributed by atoms with Gasteiger partial charge in [-0.1, -0.05) is 41.4 Å². The fourth-order valence-electron chi connectivity index (χ4n) is 3.94. The van der Waals surface area contributed by atoms with Gasteiger partial charge in [0.05, 0.1) is 10.6 Å². The van der Waals surface area contributed by atoms with Crippen molar-refractivity contribution in [2.75, 3.05) is 27.3 Å². The van der Waals surface area contributed by atoms with Crippen molar-refractivity contribution in [3.63, 3.8) is 0 Å². The van der Waals surface area contributed by atoms with Gasteiger partial charge in [-0.2, -0.15) is 0 Å². The summed E-state index contributed by atoms with van der Waals surface area (Å²) in [4.78, 5) is 37.3. The number of halogens is 2. The van der Waals surface area contributed by atoms with Gasteiger partial charge in [-0.3, -0.25) is 14.0 Å². The maximum absolute atomic E-state index is 13.4. The number of anilines is 3. The normalized spacial score (nSPS) is 12.6. The molecule has 0 atom stereocenters. The molecule has 0 aliphatic carbocycles. The van der Waals surface area contributed by atoms with Crippen LogP contribution in [0.5, 0.6) is 0 Å². The number of hydrazine groups is 1. The van der Waals surface area contributed by atoms with Gasteiger partial charge in [0, 0.05) is 22.3 Å². The Kier molecular flexibility index (Phi) is 7.25. The van der Waals surface area contributed by atoms with E-state index >= 15 is 0 Å². The third-order valence-electron chi connectivity index (χ3n) is 5.53. The van der Waals surface area contributed by atoms with E-state index in [-0.39, 0.29) is 39.3 Å². The largest absolute Gasteiger partial charge is 0.480 e. The molecule has 2 amide bonds. The first-order valence-electron chi connectivity index (χ1n) is 10.6. The molecule has 0 saturated carbocycles. The Bertz CT molecular complexity index is 1480. The highest BCUT2D eigenvalue weighted by atomic mass is 35.5. The van der Waals surface area contributed by atoms with E-state index in [1.807, 2.05) is 0 Å². The summed E-state index contributed by atoms with van der Waals surface area (Å²) >= 11 is 11.9. The van der Waals surface area contributed by atoms with Crippen molar-refractivity contribution in [3.8, 4) is 0 Å². The van der Waals surface area contributed by atoms with Crippen molar-refractivity contribution in [3.05, 3.63) is 92.5 Å². The number of rotatable bonds is 7. The quantitative estimate of drug-likeness (QED) is 0.330. The molecule has 1 aliphatic heterocycles. The molecule has 1 heterocycles. The second kappa shape index (κ2) is 10.2. The molecular weight excluding hydrogens is 547 g/mol. The smallest absolute Gasteiger partial charge is 0.388 e. The molecule has 0 aromatic heterocycles. The van der Waals surface area contributed by atoms with Crippen molar-refractivity contribution < 1.29 is 28.1 Å². The van der Waals surface area contributed by atoms with Gasteiger partial charge in [0.25, 0.3) is 10.0 Å². The lowest BCUT2D eigenvalue weighted by Crippen LogP contribution is -2.46. The van der Waals surface area contributed by atoms with Crippen LogP contribution in [-0.2, 0) is 21.2 Å². The standard InChI is InChI=1S/C23H18Cl2N4O7S/c24-16-11-17(25)13-20(12-16)37(35,36)27(14-22(30)31)19-6-7-21-15(10-19)8-9-26(21)23(32)28(29(33)34)18-4-2-1-3-5-18/h1-7,10-13H,8-9,14H2,(H,30,31). The highest BCUT2D eigenvalue weighted by Gasteiger charge is 2.36. The number of hydrogen-bond donors (Lipinski definition) is 1. The van der Waals surface area contributed by atoms with Crippen molar-refractivity contribution >= 4 is 62.3 Å². The molecule has 0 radical (unpaired) electrons. The highest BCUT2D eigenvalue weighted by Crippen LogP contribution is 2.35. The minimum Gasteiger partial charge on any atom is -0.480 e. The summed E-state index contributed by atoms with van der Waals surface area (Å²) in [5, 5.41) is 20.8. The zero-order valence-corrected chi connectivity index (χ0v) is 21.2. The van der Waals surface area contributed by atoms with Crippen LogP contribution in [0.15, 0.2) is 71.6 Å². The molecule has 11 nitrogen and oxygen atoms in total. The van der Waals surface area contributed by atoms with E-state index in [0.717, 1.165) is 12.1 Å². The van der Waals surface area contributed by atoms with Crippen molar-refractivity contribution in [2.45, 2.75) is 11.3 Å². The first-order chi connectivity index (χ1) is 17.5. The summed E-state index contributed by atoms with van der Waals surface area (Å²) in [6, 6.07) is 14.6. The predicted molar refractivity (Wildman–Crippen MR) is 137 cm³/mol. The maximum atomic E-state index is 13.4. The Morgan fingerprint density at radius 1 is 1.00 bits per heavy atom. The number of aliphatic carboxylic acids is 1. The number of carbonyl (C=O) groups is 2. The Hall–Kier alpha value is -3.87. The number of para-hydroxylation sites is 1. The lowest BCUT2D eigenvalue weighted by atomic mass is 10.1. The Morgan fingerprint density at radius 2 is 1.65 bits per heavy atom. The van der Waals surface area contributed by atoms with Gasteiger partial charge in [0.15, 0.2) is 5.03 Å². The van der Waals surface area contributed by atoms with Crippen LogP contribution >= 0.6 is 23.2 Å². The number of carbonyl (C=O) groups excluding carboxylic acids is 1. The molecule has 192 valence electrons. The van der Waals surface area contributed by atoms with Crippen LogP contribution in [0.1, 0.15) is 5.56 Å². The first kappa shape index (κ1) is 26.2. The van der Waals surface area contributed by atoms with Gasteiger partial charge in [-0.15, -0.1) is 0 Å². The van der Waals surface area contributed by atoms with Crippen molar-refractivity contribution in [2.24, 2.45) is 0 Å². The van der Waals surface area contributed by atoms with Gasteiger partial charge < -0.3 is 5.11 Å². The van der Waals surface area contributed by atoms with E-state index in [1.165, 1.54) is 41.3 Å². The highest BCUT2D eigenvalue weighted by molar-refractivity contribution is 7.92. The number of urea groups is 1. The minimum atomic E-state index is -4.40. The van der Waals surface area contributed by atoms with E-state index in [9.17, 15) is 33.2 Å². The van der Waals surface area contributed by atoms with Crippen LogP contribution in [0.2, 0.25) is 10.0 Å². The second-order valence-corrected chi connectivity index (χ2v) is 10.6. The lowest BCUT2D eigenvalue weighted by molar-refractivity contribution is -0.481. The summed E-state index contributed by atoms with van der Waals surface area (Å²) < 4.78 is 27.4. The first-order valence-corrected chi connectivity index (χ1v) is 12.8. The number of carboxylic acids is 1. The summed E-state index contributed by atoms with van der Waals surface area (Å²) in [7, 11) is -4.40. The fraction of sp³-hybridized carbons (Fsp3) is 0.130. The SMILES string of the molecule is O=C(O)CN(c1ccc2c(c1)CCN2C(=O)N(c1ccccc1)[N+](=O)[O-])S(=O)(=O)c1cc(Cl)cc(Cl)c1. The van der Waals surface area contributed by atoms with Crippen molar-refractivity contribution in [1.29, 1.82) is 0 Å². The molecule has 0 bridgehead atoms. The molecule has 1 N–H and O–H groups in total. The van der Waals surface area contributed by atoms with Crippen LogP contribution in [0, 0.1) is 10.1 Å². The van der Waals surface area contributed by atoms with Gasteiger partial charge >= 0.3 is 12.0 Å². The van der Waals surface area contributed by atoms with E-state index < -0.39 is 33.6 Å². The van der Waals surface area contributed by atoms with E-state index in [2.05, 4.69) is 0 Å². The molecular formula is C23H18Cl2N4O7S. The molecule has 3 aromatic carbocycles. The average molecular weight is 565 g/mol. The van der Waals surface area contributed by atoms with E-state index in [4.69, 9.17) is 23.2 Å². The van der Waals surface area contributed by atoms with Crippen LogP contribution in [0.25, 0.3) is 0 Å². The third-order valence-corrected chi connectivity index (χ3v) is 7.71. The van der Waals surface area contributed by atoms with Gasteiger partial charge in [-0.05, 0) is 65.5 Å². The Morgan fingerprint density at radius 3 is 2.24 bits per heavy atom. The number of benzene rings is 3. The van der Waals surface area contributed by atoms with Crippen molar-refractivity contribution in [1.82, 2.24) is 0 Å². The number of nitrogens with zero attached hydrogens (tertiary/aromatic N) is 4. The number of carboxylic acid groups (broad SMARTS) is 1. The maximum Gasteiger partial charge on any atom is 0.388 e. The molecule has 37 heavy (non-hydrogen) atoms. The summed E-state index contributed by atoms with van der Waals surface area (Å²) in [5.41, 5.74) is 0.953. The minimum absolute atomic E-state index is 0.0285. The van der Waals surface area contributed by atoms with Crippen LogP contribution in [0.3, 0.4) is 0 Å². The predicted octanol–water partition coefficient (Wildman–Crippen LogP) is 4.45. The molecule has 3 aromatic rings. The van der Waals surface area contributed by atoms with Gasteiger partial charge in [0.2, 0.25) is 0 Å². The van der Waals surface area contributed by atoms with Crippen LogP contribution in [0.4, 0.5) is 21.9 Å². The molecule has 1 aliphatic rings. The summed E-state index contributed by atoms with van der Waals surface area (Å²) in [6.07, 6.45) is 0.263. The molecule has 0 unspecified atom stereocenters. The monoisotopic (exact) mass is 564 g/mol. The van der Waals surface area contributed by atoms with Gasteiger partial charge in [-0.25, -0.2) is 23.3 Å². The Balaban J connectivity index is 1.71. The third kappa shape index (κ3) is 5.31. The summed E-state index contributed by atoms with van der Waals surface area (Å²) in [6.45, 7) is -0.790. The number of sulfonamides is 1.